The summed E-state index contributed by atoms with van der Waals surface area (Å²) in [6, 6.07) is 26.8. The molecule has 0 bridgehead atoms. The zero-order chi connectivity index (χ0) is 25.3. The normalized spacial score (nSPS) is 11.1. The maximum Gasteiger partial charge on any atom is 0.185 e. The minimum absolute atomic E-state index is 0.0467. The van der Waals surface area contributed by atoms with Gasteiger partial charge in [-0.1, -0.05) is 149 Å². The lowest BCUT2D eigenvalue weighted by Crippen LogP contribution is -1.92. The SMILES string of the molecule is C=Cc1ccc(CCCCCCCCCCCCc2ccc(C=CC(=O)c3ccccc3)cc2)cc1. The van der Waals surface area contributed by atoms with Gasteiger partial charge >= 0.3 is 0 Å². The number of benzene rings is 3. The van der Waals surface area contributed by atoms with Crippen molar-refractivity contribution in [3.8, 4) is 0 Å². The Balaban J connectivity index is 1.16. The molecule has 0 saturated heterocycles. The smallest absolute Gasteiger partial charge is 0.185 e. The monoisotopic (exact) mass is 478 g/mol. The third kappa shape index (κ3) is 10.6. The van der Waals surface area contributed by atoms with Crippen LogP contribution in [0.15, 0.2) is 91.5 Å². The molecule has 0 spiro atoms. The average Bonchev–Trinajstić information content (AvgIpc) is 2.93. The number of unbranched alkanes of at least 4 members (excludes halogenated alkanes) is 9. The van der Waals surface area contributed by atoms with Gasteiger partial charge in [0.05, 0.1) is 0 Å². The van der Waals surface area contributed by atoms with Gasteiger partial charge in [0.25, 0.3) is 0 Å². The van der Waals surface area contributed by atoms with Crippen molar-refractivity contribution in [1.82, 2.24) is 0 Å². The van der Waals surface area contributed by atoms with Gasteiger partial charge in [-0.3, -0.25) is 4.79 Å². The molecule has 0 unspecified atom stereocenters. The standard InChI is InChI=1S/C35H42O/c1-2-30-20-22-31(23-21-30)16-12-9-7-5-3-4-6-8-10-13-17-32-24-26-33(27-25-32)28-29-35(36)34-18-14-11-15-19-34/h2,11,14-15,18-29H,1,3-10,12-13,16-17H2. The van der Waals surface area contributed by atoms with Crippen molar-refractivity contribution < 1.29 is 4.79 Å². The van der Waals surface area contributed by atoms with E-state index in [1.165, 1.54) is 87.3 Å². The molecule has 188 valence electrons. The van der Waals surface area contributed by atoms with Gasteiger partial charge in [-0.05, 0) is 54.0 Å². The lowest BCUT2D eigenvalue weighted by molar-refractivity contribution is 0.104. The summed E-state index contributed by atoms with van der Waals surface area (Å²) in [7, 11) is 0. The van der Waals surface area contributed by atoms with E-state index in [0.717, 1.165) is 17.5 Å². The summed E-state index contributed by atoms with van der Waals surface area (Å²) in [5.74, 6) is 0.0467. The lowest BCUT2D eigenvalue weighted by Gasteiger charge is -2.05. The van der Waals surface area contributed by atoms with Crippen molar-refractivity contribution in [1.29, 1.82) is 0 Å². The molecule has 1 nitrogen and oxygen atoms in total. The fourth-order valence-electron chi connectivity index (χ4n) is 4.56. The number of rotatable bonds is 17. The maximum absolute atomic E-state index is 12.2. The first-order valence-electron chi connectivity index (χ1n) is 13.8. The molecule has 36 heavy (non-hydrogen) atoms. The van der Waals surface area contributed by atoms with Gasteiger partial charge in [-0.15, -0.1) is 0 Å². The average molecular weight is 479 g/mol. The quantitative estimate of drug-likeness (QED) is 0.107. The minimum atomic E-state index is 0.0467. The topological polar surface area (TPSA) is 17.1 Å². The van der Waals surface area contributed by atoms with E-state index >= 15 is 0 Å². The Hall–Kier alpha value is -3.19. The second-order valence-electron chi connectivity index (χ2n) is 9.79. The summed E-state index contributed by atoms with van der Waals surface area (Å²) >= 11 is 0. The van der Waals surface area contributed by atoms with Crippen LogP contribution >= 0.6 is 0 Å². The van der Waals surface area contributed by atoms with Crippen LogP contribution in [0.4, 0.5) is 0 Å². The highest BCUT2D eigenvalue weighted by Gasteiger charge is 2.00. The first kappa shape index (κ1) is 27.4. The second-order valence-corrected chi connectivity index (χ2v) is 9.79. The molecule has 0 N–H and O–H groups in total. The molecule has 0 aliphatic rings. The molecular formula is C35H42O. The van der Waals surface area contributed by atoms with Crippen molar-refractivity contribution in [3.05, 3.63) is 119 Å². The highest BCUT2D eigenvalue weighted by Crippen LogP contribution is 2.15. The Morgan fingerprint density at radius 2 is 1.00 bits per heavy atom. The van der Waals surface area contributed by atoms with Crippen LogP contribution < -0.4 is 0 Å². The molecule has 0 atom stereocenters. The Kier molecular flexibility index (Phi) is 12.5. The minimum Gasteiger partial charge on any atom is -0.289 e. The number of carbonyl (C=O) groups excluding carboxylic acids is 1. The van der Waals surface area contributed by atoms with Crippen LogP contribution in [0.1, 0.15) is 96.8 Å². The first-order valence-corrected chi connectivity index (χ1v) is 13.8. The number of carbonyl (C=O) groups is 1. The third-order valence-corrected chi connectivity index (χ3v) is 6.86. The molecule has 0 aliphatic heterocycles. The molecule has 0 aliphatic carbocycles. The Bertz CT molecular complexity index is 1040. The molecule has 0 amide bonds. The largest absolute Gasteiger partial charge is 0.289 e. The van der Waals surface area contributed by atoms with E-state index in [0.29, 0.717) is 0 Å². The summed E-state index contributed by atoms with van der Waals surface area (Å²) in [5.41, 5.74) is 5.84. The zero-order valence-electron chi connectivity index (χ0n) is 21.8. The molecule has 1 heteroatoms. The van der Waals surface area contributed by atoms with Crippen molar-refractivity contribution in [2.24, 2.45) is 0 Å². The molecule has 0 heterocycles. The number of hydrogen-bond acceptors (Lipinski definition) is 1. The van der Waals surface area contributed by atoms with Crippen LogP contribution in [0.2, 0.25) is 0 Å². The van der Waals surface area contributed by atoms with Crippen molar-refractivity contribution in [3.63, 3.8) is 0 Å². The predicted molar refractivity (Wildman–Crippen MR) is 156 cm³/mol. The molecule has 0 saturated carbocycles. The number of ketones is 1. The molecular weight excluding hydrogens is 436 g/mol. The van der Waals surface area contributed by atoms with E-state index in [1.807, 2.05) is 42.5 Å². The zero-order valence-corrected chi connectivity index (χ0v) is 21.8. The number of aryl methyl sites for hydroxylation is 2. The van der Waals surface area contributed by atoms with E-state index in [1.54, 1.807) is 6.08 Å². The van der Waals surface area contributed by atoms with E-state index < -0.39 is 0 Å². The highest BCUT2D eigenvalue weighted by molar-refractivity contribution is 6.06. The van der Waals surface area contributed by atoms with E-state index in [9.17, 15) is 4.79 Å². The van der Waals surface area contributed by atoms with Crippen LogP contribution in [0.25, 0.3) is 12.2 Å². The molecule has 3 aromatic carbocycles. The lowest BCUT2D eigenvalue weighted by atomic mass is 10.0. The Morgan fingerprint density at radius 1 is 0.556 bits per heavy atom. The number of hydrogen-bond donors (Lipinski definition) is 0. The Labute approximate surface area is 219 Å². The summed E-state index contributed by atoms with van der Waals surface area (Å²) in [5, 5.41) is 0. The Morgan fingerprint density at radius 3 is 1.47 bits per heavy atom. The van der Waals surface area contributed by atoms with Gasteiger partial charge in [-0.2, -0.15) is 0 Å². The van der Waals surface area contributed by atoms with E-state index in [4.69, 9.17) is 0 Å². The maximum atomic E-state index is 12.2. The summed E-state index contributed by atoms with van der Waals surface area (Å²) < 4.78 is 0. The van der Waals surface area contributed by atoms with Crippen LogP contribution in [-0.2, 0) is 12.8 Å². The molecule has 3 aromatic rings. The molecule has 3 rings (SSSR count). The van der Waals surface area contributed by atoms with Gasteiger partial charge in [0.2, 0.25) is 0 Å². The fraction of sp³-hybridized carbons (Fsp3) is 0.343. The van der Waals surface area contributed by atoms with Crippen molar-refractivity contribution >= 4 is 17.9 Å². The van der Waals surface area contributed by atoms with Crippen LogP contribution in [0.3, 0.4) is 0 Å². The van der Waals surface area contributed by atoms with E-state index in [-0.39, 0.29) is 5.78 Å². The molecule has 0 radical (unpaired) electrons. The number of allylic oxidation sites excluding steroid dienone is 1. The second kappa shape index (κ2) is 16.5. The first-order chi connectivity index (χ1) is 17.7. The van der Waals surface area contributed by atoms with Crippen molar-refractivity contribution in [2.75, 3.05) is 0 Å². The fourth-order valence-corrected chi connectivity index (χ4v) is 4.56. The summed E-state index contributed by atoms with van der Waals surface area (Å²) in [6.45, 7) is 3.81. The van der Waals surface area contributed by atoms with E-state index in [2.05, 4.69) is 55.1 Å². The van der Waals surface area contributed by atoms with Crippen molar-refractivity contribution in [2.45, 2.75) is 77.0 Å². The predicted octanol–water partition coefficient (Wildman–Crippen LogP) is 9.91. The van der Waals surface area contributed by atoms with Crippen LogP contribution in [0, 0.1) is 0 Å². The highest BCUT2D eigenvalue weighted by atomic mass is 16.1. The van der Waals surface area contributed by atoms with Gasteiger partial charge < -0.3 is 0 Å². The van der Waals surface area contributed by atoms with Gasteiger partial charge in [-0.25, -0.2) is 0 Å². The molecule has 0 aromatic heterocycles. The van der Waals surface area contributed by atoms with Crippen LogP contribution in [0.5, 0.6) is 0 Å². The third-order valence-electron chi connectivity index (χ3n) is 6.86. The molecule has 0 fully saturated rings. The summed E-state index contributed by atoms with van der Waals surface area (Å²) in [6.07, 6.45) is 21.3. The van der Waals surface area contributed by atoms with Gasteiger partial charge in [0.1, 0.15) is 0 Å². The van der Waals surface area contributed by atoms with Crippen LogP contribution in [-0.4, -0.2) is 5.78 Å². The summed E-state index contributed by atoms with van der Waals surface area (Å²) in [4.78, 5) is 12.2. The van der Waals surface area contributed by atoms with Gasteiger partial charge in [0, 0.05) is 5.56 Å². The van der Waals surface area contributed by atoms with Gasteiger partial charge in [0.15, 0.2) is 5.78 Å².